The summed E-state index contributed by atoms with van der Waals surface area (Å²) in [6, 6.07) is 17.2. The first-order chi connectivity index (χ1) is 9.70. The van der Waals surface area contributed by atoms with Gasteiger partial charge in [-0.15, -0.1) is 0 Å². The molecule has 2 atom stereocenters. The lowest BCUT2D eigenvalue weighted by Crippen LogP contribution is -2.29. The number of rotatable bonds is 1. The Morgan fingerprint density at radius 2 is 1.95 bits per heavy atom. The molecule has 2 unspecified atom stereocenters. The molecule has 0 bridgehead atoms. The number of phenolic OH excluding ortho intramolecular Hbond substituents is 1. The number of hydrogen-bond donors (Lipinski definition) is 2. The van der Waals surface area contributed by atoms with Crippen LogP contribution < -0.4 is 0 Å². The van der Waals surface area contributed by atoms with Crippen LogP contribution in [0, 0.1) is 22.7 Å². The SMILES string of the molecule is N#CC1C(=N)Cc2ccccc2C1c1cccc(O)c1. The van der Waals surface area contributed by atoms with Gasteiger partial charge in [-0.05, 0) is 28.8 Å². The summed E-state index contributed by atoms with van der Waals surface area (Å²) in [6.07, 6.45) is 0.531. The molecule has 98 valence electrons. The summed E-state index contributed by atoms with van der Waals surface area (Å²) in [6.45, 7) is 0. The zero-order chi connectivity index (χ0) is 14.1. The Morgan fingerprint density at radius 3 is 2.70 bits per heavy atom. The van der Waals surface area contributed by atoms with E-state index >= 15 is 0 Å². The molecule has 20 heavy (non-hydrogen) atoms. The smallest absolute Gasteiger partial charge is 0.115 e. The third-order valence-electron chi connectivity index (χ3n) is 3.85. The maximum absolute atomic E-state index is 9.68. The second-order valence-corrected chi connectivity index (χ2v) is 5.08. The van der Waals surface area contributed by atoms with Gasteiger partial charge in [0.05, 0.1) is 12.0 Å². The molecule has 0 aliphatic heterocycles. The molecule has 0 fully saturated rings. The monoisotopic (exact) mass is 262 g/mol. The van der Waals surface area contributed by atoms with Crippen LogP contribution in [0.1, 0.15) is 22.6 Å². The molecule has 0 radical (unpaired) electrons. The van der Waals surface area contributed by atoms with Crippen molar-refractivity contribution in [3.63, 3.8) is 0 Å². The minimum absolute atomic E-state index is 0.176. The van der Waals surface area contributed by atoms with Crippen LogP contribution >= 0.6 is 0 Å². The highest BCUT2D eigenvalue weighted by Crippen LogP contribution is 2.39. The number of phenols is 1. The van der Waals surface area contributed by atoms with E-state index in [-0.39, 0.29) is 11.7 Å². The molecule has 1 aliphatic carbocycles. The predicted octanol–water partition coefficient (Wildman–Crippen LogP) is 3.24. The van der Waals surface area contributed by atoms with Gasteiger partial charge >= 0.3 is 0 Å². The number of nitrogens with one attached hydrogen (secondary N) is 1. The van der Waals surface area contributed by atoms with E-state index in [0.29, 0.717) is 12.1 Å². The van der Waals surface area contributed by atoms with Gasteiger partial charge in [-0.25, -0.2) is 0 Å². The van der Waals surface area contributed by atoms with Crippen LogP contribution in [0.5, 0.6) is 5.75 Å². The minimum atomic E-state index is -0.466. The largest absolute Gasteiger partial charge is 0.508 e. The molecule has 3 heteroatoms. The molecule has 1 aliphatic rings. The standard InChI is InChI=1S/C17H14N2O/c18-10-15-16(19)9-11-4-1-2-7-14(11)17(15)12-5-3-6-13(20)8-12/h1-8,15,17,19-20H,9H2. The van der Waals surface area contributed by atoms with Crippen molar-refractivity contribution in [2.45, 2.75) is 12.3 Å². The van der Waals surface area contributed by atoms with Crippen LogP contribution in [0.2, 0.25) is 0 Å². The van der Waals surface area contributed by atoms with E-state index in [9.17, 15) is 10.4 Å². The number of fused-ring (bicyclic) bond motifs is 1. The summed E-state index contributed by atoms with van der Waals surface area (Å²) in [5.41, 5.74) is 3.51. The van der Waals surface area contributed by atoms with Crippen molar-refractivity contribution in [2.24, 2.45) is 5.92 Å². The average molecular weight is 262 g/mol. The Bertz CT molecular complexity index is 715. The molecule has 0 spiro atoms. The lowest BCUT2D eigenvalue weighted by molar-refractivity contribution is 0.473. The van der Waals surface area contributed by atoms with Gasteiger partial charge in [0.1, 0.15) is 5.75 Å². The first kappa shape index (κ1) is 12.4. The summed E-state index contributed by atoms with van der Waals surface area (Å²) in [4.78, 5) is 0. The van der Waals surface area contributed by atoms with Crippen molar-refractivity contribution in [1.82, 2.24) is 0 Å². The van der Waals surface area contributed by atoms with E-state index in [2.05, 4.69) is 6.07 Å². The Labute approximate surface area is 117 Å². The van der Waals surface area contributed by atoms with Crippen LogP contribution in [-0.4, -0.2) is 10.8 Å². The second kappa shape index (κ2) is 4.82. The van der Waals surface area contributed by atoms with Crippen molar-refractivity contribution in [1.29, 1.82) is 10.7 Å². The zero-order valence-electron chi connectivity index (χ0n) is 10.9. The van der Waals surface area contributed by atoms with Gasteiger partial charge < -0.3 is 10.5 Å². The maximum Gasteiger partial charge on any atom is 0.115 e. The number of benzene rings is 2. The van der Waals surface area contributed by atoms with E-state index in [0.717, 1.165) is 16.7 Å². The first-order valence-corrected chi connectivity index (χ1v) is 6.54. The number of hydrogen-bond acceptors (Lipinski definition) is 3. The van der Waals surface area contributed by atoms with Crippen LogP contribution in [-0.2, 0) is 6.42 Å². The first-order valence-electron chi connectivity index (χ1n) is 6.54. The molecule has 0 saturated carbocycles. The molecule has 0 aromatic heterocycles. The highest BCUT2D eigenvalue weighted by molar-refractivity contribution is 5.91. The van der Waals surface area contributed by atoms with E-state index < -0.39 is 5.92 Å². The topological polar surface area (TPSA) is 67.9 Å². The van der Waals surface area contributed by atoms with Crippen LogP contribution in [0.4, 0.5) is 0 Å². The van der Waals surface area contributed by atoms with Crippen molar-refractivity contribution in [3.8, 4) is 11.8 Å². The third-order valence-corrected chi connectivity index (χ3v) is 3.85. The fourth-order valence-corrected chi connectivity index (χ4v) is 2.94. The molecule has 2 aromatic carbocycles. The molecule has 0 saturated heterocycles. The van der Waals surface area contributed by atoms with E-state index in [1.165, 1.54) is 0 Å². The molecule has 0 amide bonds. The van der Waals surface area contributed by atoms with E-state index in [1.807, 2.05) is 30.3 Å². The summed E-state index contributed by atoms with van der Waals surface area (Å²) >= 11 is 0. The predicted molar refractivity (Wildman–Crippen MR) is 76.9 cm³/mol. The summed E-state index contributed by atoms with van der Waals surface area (Å²) in [7, 11) is 0. The van der Waals surface area contributed by atoms with Gasteiger partial charge in [0.25, 0.3) is 0 Å². The summed E-state index contributed by atoms with van der Waals surface area (Å²) in [5.74, 6) is -0.454. The second-order valence-electron chi connectivity index (χ2n) is 5.08. The Hall–Kier alpha value is -2.60. The van der Waals surface area contributed by atoms with Crippen LogP contribution in [0.3, 0.4) is 0 Å². The summed E-state index contributed by atoms with van der Waals surface area (Å²) < 4.78 is 0. The van der Waals surface area contributed by atoms with E-state index in [4.69, 9.17) is 5.41 Å². The quantitative estimate of drug-likeness (QED) is 0.828. The Kier molecular flexibility index (Phi) is 3.00. The summed E-state index contributed by atoms with van der Waals surface area (Å²) in [5, 5.41) is 27.2. The van der Waals surface area contributed by atoms with Gasteiger partial charge in [-0.1, -0.05) is 36.4 Å². The average Bonchev–Trinajstić information content (AvgIpc) is 2.45. The normalized spacial score (nSPS) is 21.1. The molecule has 2 aromatic rings. The van der Waals surface area contributed by atoms with Crippen LogP contribution in [0.15, 0.2) is 48.5 Å². The minimum Gasteiger partial charge on any atom is -0.508 e. The molecule has 0 heterocycles. The lowest BCUT2D eigenvalue weighted by Gasteiger charge is -2.30. The number of nitrogens with zero attached hydrogens (tertiary/aromatic N) is 1. The van der Waals surface area contributed by atoms with Crippen molar-refractivity contribution in [2.75, 3.05) is 0 Å². The van der Waals surface area contributed by atoms with Gasteiger partial charge in [-0.3, -0.25) is 0 Å². The molecular formula is C17H14N2O. The third kappa shape index (κ3) is 1.96. The van der Waals surface area contributed by atoms with Crippen molar-refractivity contribution in [3.05, 3.63) is 65.2 Å². The molecule has 2 N–H and O–H groups in total. The van der Waals surface area contributed by atoms with Gasteiger partial charge in [0.2, 0.25) is 0 Å². The zero-order valence-corrected chi connectivity index (χ0v) is 10.9. The van der Waals surface area contributed by atoms with Crippen molar-refractivity contribution >= 4 is 5.71 Å². The van der Waals surface area contributed by atoms with Crippen molar-refractivity contribution < 1.29 is 5.11 Å². The Balaban J connectivity index is 2.20. The number of nitriles is 1. The van der Waals surface area contributed by atoms with Gasteiger partial charge in [0, 0.05) is 18.1 Å². The number of aromatic hydroxyl groups is 1. The van der Waals surface area contributed by atoms with Crippen LogP contribution in [0.25, 0.3) is 0 Å². The molecule has 3 nitrogen and oxygen atoms in total. The lowest BCUT2D eigenvalue weighted by atomic mass is 9.71. The van der Waals surface area contributed by atoms with Gasteiger partial charge in [-0.2, -0.15) is 5.26 Å². The molecule has 3 rings (SSSR count). The Morgan fingerprint density at radius 1 is 1.15 bits per heavy atom. The van der Waals surface area contributed by atoms with E-state index in [1.54, 1.807) is 18.2 Å². The highest BCUT2D eigenvalue weighted by Gasteiger charge is 2.34. The fraction of sp³-hybridized carbons (Fsp3) is 0.176. The maximum atomic E-state index is 9.68. The molecular weight excluding hydrogens is 248 g/mol. The van der Waals surface area contributed by atoms with Gasteiger partial charge in [0.15, 0.2) is 0 Å². The fourth-order valence-electron chi connectivity index (χ4n) is 2.94. The highest BCUT2D eigenvalue weighted by atomic mass is 16.3.